The molecule has 0 aromatic rings. The standard InChI is InChI=1S/C12H25F2N3O/c1-9(13)11(10(2)14)8-17-6-5-15-3-4-16-7-12(17)18/h9-12,15-16,18H,3-8H2,1-2H3. The van der Waals surface area contributed by atoms with Gasteiger partial charge in [-0.3, -0.25) is 4.90 Å². The van der Waals surface area contributed by atoms with Gasteiger partial charge in [-0.1, -0.05) is 0 Å². The third-order valence-corrected chi connectivity index (χ3v) is 3.43. The van der Waals surface area contributed by atoms with Crippen LogP contribution in [0.5, 0.6) is 0 Å². The summed E-state index contributed by atoms with van der Waals surface area (Å²) in [5, 5.41) is 16.3. The summed E-state index contributed by atoms with van der Waals surface area (Å²) in [5.74, 6) is -0.694. The molecule has 0 amide bonds. The lowest BCUT2D eigenvalue weighted by Gasteiger charge is -2.32. The lowest BCUT2D eigenvalue weighted by atomic mass is 9.99. The first-order valence-corrected chi connectivity index (χ1v) is 6.64. The van der Waals surface area contributed by atoms with Gasteiger partial charge in [-0.15, -0.1) is 0 Å². The molecule has 1 aliphatic heterocycles. The van der Waals surface area contributed by atoms with Gasteiger partial charge in [0.25, 0.3) is 0 Å². The molecule has 1 fully saturated rings. The molecule has 1 rings (SSSR count). The fraction of sp³-hybridized carbons (Fsp3) is 1.00. The fourth-order valence-electron chi connectivity index (χ4n) is 2.17. The fourth-order valence-corrected chi connectivity index (χ4v) is 2.17. The van der Waals surface area contributed by atoms with Crippen molar-refractivity contribution in [3.05, 3.63) is 0 Å². The molecule has 1 heterocycles. The van der Waals surface area contributed by atoms with Crippen LogP contribution in [0.15, 0.2) is 0 Å². The summed E-state index contributed by atoms with van der Waals surface area (Å²) < 4.78 is 26.8. The first-order valence-electron chi connectivity index (χ1n) is 6.64. The van der Waals surface area contributed by atoms with Crippen LogP contribution in [0, 0.1) is 5.92 Å². The summed E-state index contributed by atoms with van der Waals surface area (Å²) >= 11 is 0. The predicted molar refractivity (Wildman–Crippen MR) is 67.9 cm³/mol. The second-order valence-electron chi connectivity index (χ2n) is 4.95. The zero-order chi connectivity index (χ0) is 13.5. The van der Waals surface area contributed by atoms with Crippen LogP contribution in [-0.2, 0) is 0 Å². The molecule has 3 atom stereocenters. The van der Waals surface area contributed by atoms with Gasteiger partial charge in [-0.25, -0.2) is 8.78 Å². The van der Waals surface area contributed by atoms with Crippen LogP contribution in [0.25, 0.3) is 0 Å². The quantitative estimate of drug-likeness (QED) is 0.676. The number of hydrogen-bond acceptors (Lipinski definition) is 4. The van der Waals surface area contributed by atoms with Crippen molar-refractivity contribution in [1.82, 2.24) is 15.5 Å². The summed E-state index contributed by atoms with van der Waals surface area (Å²) in [7, 11) is 0. The second kappa shape index (κ2) is 7.99. The molecule has 6 heteroatoms. The van der Waals surface area contributed by atoms with Crippen LogP contribution in [0.1, 0.15) is 13.8 Å². The molecule has 108 valence electrons. The van der Waals surface area contributed by atoms with E-state index in [1.165, 1.54) is 13.8 Å². The molecule has 4 nitrogen and oxygen atoms in total. The maximum atomic E-state index is 13.4. The van der Waals surface area contributed by atoms with Crippen LogP contribution in [0.4, 0.5) is 8.78 Å². The maximum Gasteiger partial charge on any atom is 0.120 e. The number of rotatable bonds is 4. The minimum atomic E-state index is -1.22. The number of halogens is 2. The van der Waals surface area contributed by atoms with E-state index >= 15 is 0 Å². The zero-order valence-electron chi connectivity index (χ0n) is 11.2. The van der Waals surface area contributed by atoms with Gasteiger partial charge in [0.05, 0.1) is 0 Å². The summed E-state index contributed by atoms with van der Waals surface area (Å²) in [4.78, 5) is 1.74. The highest BCUT2D eigenvalue weighted by atomic mass is 19.1. The average molecular weight is 265 g/mol. The lowest BCUT2D eigenvalue weighted by Crippen LogP contribution is -2.48. The van der Waals surface area contributed by atoms with Crippen LogP contribution in [0.3, 0.4) is 0 Å². The number of alkyl halides is 2. The number of β-amino-alcohol motifs (C(OH)–C–C–N with tert-alkyl or cyclic N) is 1. The predicted octanol–water partition coefficient (Wildman–Crippen LogP) is 0.132. The Balaban J connectivity index is 2.58. The van der Waals surface area contributed by atoms with Crippen LogP contribution in [-0.4, -0.2) is 67.8 Å². The largest absolute Gasteiger partial charge is 0.377 e. The van der Waals surface area contributed by atoms with Gasteiger partial charge in [0.15, 0.2) is 0 Å². The van der Waals surface area contributed by atoms with E-state index in [4.69, 9.17) is 0 Å². The summed E-state index contributed by atoms with van der Waals surface area (Å²) in [6.07, 6.45) is -3.12. The van der Waals surface area contributed by atoms with E-state index in [0.717, 1.165) is 13.1 Å². The zero-order valence-corrected chi connectivity index (χ0v) is 11.2. The van der Waals surface area contributed by atoms with Gasteiger partial charge in [0.1, 0.15) is 18.6 Å². The van der Waals surface area contributed by atoms with E-state index in [-0.39, 0.29) is 6.54 Å². The van der Waals surface area contributed by atoms with Gasteiger partial charge >= 0.3 is 0 Å². The summed E-state index contributed by atoms with van der Waals surface area (Å²) in [6, 6.07) is 0. The smallest absolute Gasteiger partial charge is 0.120 e. The molecule has 0 saturated carbocycles. The van der Waals surface area contributed by atoms with E-state index < -0.39 is 24.5 Å². The van der Waals surface area contributed by atoms with Crippen LogP contribution >= 0.6 is 0 Å². The van der Waals surface area contributed by atoms with E-state index in [0.29, 0.717) is 19.6 Å². The van der Waals surface area contributed by atoms with E-state index in [9.17, 15) is 13.9 Å². The van der Waals surface area contributed by atoms with E-state index in [2.05, 4.69) is 10.6 Å². The van der Waals surface area contributed by atoms with Gasteiger partial charge in [0.2, 0.25) is 0 Å². The Morgan fingerprint density at radius 3 is 2.39 bits per heavy atom. The molecule has 0 aliphatic carbocycles. The Hall–Kier alpha value is -0.300. The van der Waals surface area contributed by atoms with Crippen molar-refractivity contribution in [2.24, 2.45) is 5.92 Å². The van der Waals surface area contributed by atoms with Gasteiger partial charge in [-0.2, -0.15) is 0 Å². The molecule has 0 bridgehead atoms. The van der Waals surface area contributed by atoms with Crippen molar-refractivity contribution in [2.75, 3.05) is 39.3 Å². The number of aliphatic hydroxyl groups is 1. The molecule has 0 aromatic carbocycles. The van der Waals surface area contributed by atoms with Gasteiger partial charge in [0, 0.05) is 45.2 Å². The molecule has 3 unspecified atom stereocenters. The highest BCUT2D eigenvalue weighted by molar-refractivity contribution is 4.78. The number of nitrogens with zero attached hydrogens (tertiary/aromatic N) is 1. The molecule has 1 aliphatic rings. The number of nitrogens with one attached hydrogen (secondary N) is 2. The Morgan fingerprint density at radius 1 is 1.17 bits per heavy atom. The molecule has 1 saturated heterocycles. The first-order chi connectivity index (χ1) is 8.52. The van der Waals surface area contributed by atoms with Crippen molar-refractivity contribution in [1.29, 1.82) is 0 Å². The molecule has 3 N–H and O–H groups in total. The third kappa shape index (κ3) is 5.14. The summed E-state index contributed by atoms with van der Waals surface area (Å²) in [5.41, 5.74) is 0. The lowest BCUT2D eigenvalue weighted by molar-refractivity contribution is -0.0192. The van der Waals surface area contributed by atoms with Gasteiger partial charge < -0.3 is 15.7 Å². The van der Waals surface area contributed by atoms with Crippen molar-refractivity contribution in [3.63, 3.8) is 0 Å². The van der Waals surface area contributed by atoms with Crippen LogP contribution < -0.4 is 10.6 Å². The highest BCUT2D eigenvalue weighted by Gasteiger charge is 2.28. The van der Waals surface area contributed by atoms with Crippen LogP contribution in [0.2, 0.25) is 0 Å². The Bertz CT molecular complexity index is 221. The highest BCUT2D eigenvalue weighted by Crippen LogP contribution is 2.18. The Morgan fingerprint density at radius 2 is 1.78 bits per heavy atom. The second-order valence-corrected chi connectivity index (χ2v) is 4.95. The molecular weight excluding hydrogens is 240 g/mol. The normalized spacial score (nSPS) is 28.8. The van der Waals surface area contributed by atoms with Crippen molar-refractivity contribution >= 4 is 0 Å². The minimum absolute atomic E-state index is 0.236. The third-order valence-electron chi connectivity index (χ3n) is 3.43. The molecule has 0 radical (unpaired) electrons. The first kappa shape index (κ1) is 15.8. The van der Waals surface area contributed by atoms with Gasteiger partial charge in [-0.05, 0) is 13.8 Å². The number of aliphatic hydroxyl groups excluding tert-OH is 1. The summed E-state index contributed by atoms with van der Waals surface area (Å²) in [6.45, 7) is 6.34. The Labute approximate surface area is 108 Å². The SMILES string of the molecule is CC(F)C(CN1CCNCCNCC1O)C(C)F. The molecular formula is C12H25F2N3O. The number of hydrogen-bond donors (Lipinski definition) is 3. The molecule has 0 aromatic heterocycles. The average Bonchev–Trinajstić information content (AvgIpc) is 2.38. The van der Waals surface area contributed by atoms with Crippen molar-refractivity contribution in [3.8, 4) is 0 Å². The molecule has 0 spiro atoms. The molecule has 18 heavy (non-hydrogen) atoms. The van der Waals surface area contributed by atoms with Crippen molar-refractivity contribution < 1.29 is 13.9 Å². The van der Waals surface area contributed by atoms with E-state index in [1.54, 1.807) is 4.90 Å². The van der Waals surface area contributed by atoms with E-state index in [1.807, 2.05) is 0 Å². The van der Waals surface area contributed by atoms with Crippen molar-refractivity contribution in [2.45, 2.75) is 32.4 Å². The minimum Gasteiger partial charge on any atom is -0.377 e. The maximum absolute atomic E-state index is 13.4. The topological polar surface area (TPSA) is 47.5 Å². The Kier molecular flexibility index (Phi) is 6.99. The monoisotopic (exact) mass is 265 g/mol.